The van der Waals surface area contributed by atoms with E-state index in [1.54, 1.807) is 23.4 Å². The molecule has 0 saturated carbocycles. The van der Waals surface area contributed by atoms with Gasteiger partial charge in [-0.15, -0.1) is 16.4 Å². The van der Waals surface area contributed by atoms with Crippen molar-refractivity contribution in [3.05, 3.63) is 47.2 Å². The molecule has 3 aromatic rings. The summed E-state index contributed by atoms with van der Waals surface area (Å²) in [7, 11) is 0. The zero-order valence-electron chi connectivity index (χ0n) is 13.0. The molecule has 0 atom stereocenters. The fourth-order valence-corrected chi connectivity index (χ4v) is 3.74. The van der Waals surface area contributed by atoms with Crippen LogP contribution < -0.4 is 0 Å². The van der Waals surface area contributed by atoms with E-state index in [0.717, 1.165) is 21.5 Å². The van der Waals surface area contributed by atoms with E-state index < -0.39 is 0 Å². The van der Waals surface area contributed by atoms with Gasteiger partial charge in [0.1, 0.15) is 0 Å². The van der Waals surface area contributed by atoms with Crippen molar-refractivity contribution in [2.75, 3.05) is 6.61 Å². The molecule has 3 rings (SSSR count). The Morgan fingerprint density at radius 2 is 2.17 bits per heavy atom. The molecule has 0 saturated heterocycles. The number of thiazole rings is 1. The van der Waals surface area contributed by atoms with Crippen LogP contribution in [0.15, 0.2) is 40.1 Å². The van der Waals surface area contributed by atoms with Gasteiger partial charge in [0.05, 0.1) is 30.2 Å². The minimum absolute atomic E-state index is 0.201. The van der Waals surface area contributed by atoms with Crippen molar-refractivity contribution >= 4 is 29.1 Å². The molecule has 124 valence electrons. The van der Waals surface area contributed by atoms with Gasteiger partial charge in [-0.05, 0) is 29.5 Å². The van der Waals surface area contributed by atoms with Gasteiger partial charge in [-0.3, -0.25) is 4.79 Å². The second kappa shape index (κ2) is 8.02. The van der Waals surface area contributed by atoms with Gasteiger partial charge in [0.15, 0.2) is 10.2 Å². The van der Waals surface area contributed by atoms with Crippen LogP contribution in [-0.4, -0.2) is 37.8 Å². The number of ether oxygens (including phenoxy) is 1. The quantitative estimate of drug-likeness (QED) is 0.472. The van der Waals surface area contributed by atoms with E-state index in [1.165, 1.54) is 11.3 Å². The molecule has 0 amide bonds. The number of carbonyl (C=O) groups excluding carboxylic acids is 1. The molecule has 1 aromatic carbocycles. The molecular formula is C15H15N5O2S2. The summed E-state index contributed by atoms with van der Waals surface area (Å²) in [6, 6.07) is 9.73. The van der Waals surface area contributed by atoms with Crippen molar-refractivity contribution in [1.29, 1.82) is 0 Å². The van der Waals surface area contributed by atoms with Gasteiger partial charge in [-0.25, -0.2) is 4.98 Å². The van der Waals surface area contributed by atoms with Crippen LogP contribution in [0.3, 0.4) is 0 Å². The smallest absolute Gasteiger partial charge is 0.311 e. The van der Waals surface area contributed by atoms with E-state index in [-0.39, 0.29) is 12.4 Å². The first-order valence-electron chi connectivity index (χ1n) is 7.31. The maximum Gasteiger partial charge on any atom is 0.311 e. The van der Waals surface area contributed by atoms with Crippen molar-refractivity contribution in [3.63, 3.8) is 0 Å². The number of rotatable bonds is 7. The second-order valence-corrected chi connectivity index (χ2v) is 6.80. The SMILES string of the molecule is CCOC(=O)Cc1csc(SCc2nnnn2-c2ccccc2)n1. The lowest BCUT2D eigenvalue weighted by Crippen LogP contribution is -2.07. The number of hydrogen-bond acceptors (Lipinski definition) is 8. The van der Waals surface area contributed by atoms with Gasteiger partial charge in [0, 0.05) is 5.38 Å². The van der Waals surface area contributed by atoms with Crippen LogP contribution in [0, 0.1) is 0 Å². The Morgan fingerprint density at radius 3 is 2.96 bits per heavy atom. The summed E-state index contributed by atoms with van der Waals surface area (Å²) in [5, 5.41) is 13.7. The molecule has 0 spiro atoms. The molecule has 0 unspecified atom stereocenters. The normalized spacial score (nSPS) is 10.7. The highest BCUT2D eigenvalue weighted by Crippen LogP contribution is 2.26. The summed E-state index contributed by atoms with van der Waals surface area (Å²) in [6.45, 7) is 2.17. The second-order valence-electron chi connectivity index (χ2n) is 4.72. The molecule has 0 aliphatic carbocycles. The fourth-order valence-electron chi connectivity index (χ4n) is 1.99. The van der Waals surface area contributed by atoms with E-state index in [1.807, 2.05) is 35.7 Å². The molecule has 0 N–H and O–H groups in total. The number of tetrazole rings is 1. The molecule has 0 radical (unpaired) electrons. The summed E-state index contributed by atoms with van der Waals surface area (Å²) in [5.74, 6) is 1.08. The van der Waals surface area contributed by atoms with Crippen LogP contribution in [0.2, 0.25) is 0 Å². The Balaban J connectivity index is 1.62. The summed E-state index contributed by atoms with van der Waals surface area (Å²) in [6.07, 6.45) is 0.201. The molecule has 24 heavy (non-hydrogen) atoms. The Kier molecular flexibility index (Phi) is 5.55. The Bertz CT molecular complexity index is 803. The standard InChI is InChI=1S/C15H15N5O2S2/c1-2-22-14(21)8-11-9-23-15(16-11)24-10-13-17-18-19-20(13)12-6-4-3-5-7-12/h3-7,9H,2,8,10H2,1H3. The number of nitrogens with zero attached hydrogens (tertiary/aromatic N) is 5. The minimum atomic E-state index is -0.257. The summed E-state index contributed by atoms with van der Waals surface area (Å²) in [4.78, 5) is 15.9. The van der Waals surface area contributed by atoms with Crippen LogP contribution in [0.4, 0.5) is 0 Å². The maximum absolute atomic E-state index is 11.5. The van der Waals surface area contributed by atoms with E-state index in [0.29, 0.717) is 12.4 Å². The lowest BCUT2D eigenvalue weighted by Gasteiger charge is -2.02. The molecular weight excluding hydrogens is 346 g/mol. The van der Waals surface area contributed by atoms with Crippen LogP contribution >= 0.6 is 23.1 Å². The van der Waals surface area contributed by atoms with Crippen molar-refractivity contribution < 1.29 is 9.53 Å². The average Bonchev–Trinajstić information content (AvgIpc) is 3.23. The van der Waals surface area contributed by atoms with E-state index in [9.17, 15) is 4.79 Å². The largest absolute Gasteiger partial charge is 0.466 e. The van der Waals surface area contributed by atoms with Crippen LogP contribution in [-0.2, 0) is 21.7 Å². The van der Waals surface area contributed by atoms with E-state index in [2.05, 4.69) is 20.5 Å². The predicted octanol–water partition coefficient (Wildman–Crippen LogP) is 2.52. The zero-order chi connectivity index (χ0) is 16.8. The third-order valence-electron chi connectivity index (χ3n) is 3.02. The molecule has 0 bridgehead atoms. The first kappa shape index (κ1) is 16.6. The van der Waals surface area contributed by atoms with Gasteiger partial charge in [0.25, 0.3) is 0 Å². The number of hydrogen-bond donors (Lipinski definition) is 0. The van der Waals surface area contributed by atoms with E-state index in [4.69, 9.17) is 4.74 Å². The first-order valence-corrected chi connectivity index (χ1v) is 9.18. The van der Waals surface area contributed by atoms with Crippen molar-refractivity contribution in [1.82, 2.24) is 25.2 Å². The highest BCUT2D eigenvalue weighted by Gasteiger charge is 2.12. The van der Waals surface area contributed by atoms with Gasteiger partial charge in [-0.1, -0.05) is 30.0 Å². The lowest BCUT2D eigenvalue weighted by molar-refractivity contribution is -0.142. The number of thioether (sulfide) groups is 1. The third kappa shape index (κ3) is 4.18. The first-order chi connectivity index (χ1) is 11.8. The highest BCUT2D eigenvalue weighted by atomic mass is 32.2. The van der Waals surface area contributed by atoms with Crippen molar-refractivity contribution in [2.24, 2.45) is 0 Å². The summed E-state index contributed by atoms with van der Waals surface area (Å²) >= 11 is 3.04. The summed E-state index contributed by atoms with van der Waals surface area (Å²) < 4.78 is 7.51. The molecule has 0 fully saturated rings. The minimum Gasteiger partial charge on any atom is -0.466 e. The fraction of sp³-hybridized carbons (Fsp3) is 0.267. The van der Waals surface area contributed by atoms with E-state index >= 15 is 0 Å². The molecule has 2 aromatic heterocycles. The molecule has 7 nitrogen and oxygen atoms in total. The van der Waals surface area contributed by atoms with Crippen LogP contribution in [0.5, 0.6) is 0 Å². The van der Waals surface area contributed by atoms with Crippen molar-refractivity contribution in [2.45, 2.75) is 23.4 Å². The topological polar surface area (TPSA) is 82.8 Å². The average molecular weight is 361 g/mol. The number of aromatic nitrogens is 5. The molecule has 2 heterocycles. The van der Waals surface area contributed by atoms with Crippen molar-refractivity contribution in [3.8, 4) is 5.69 Å². The number of carbonyl (C=O) groups is 1. The summed E-state index contributed by atoms with van der Waals surface area (Å²) in [5.41, 5.74) is 1.64. The Hall–Kier alpha value is -2.26. The highest BCUT2D eigenvalue weighted by molar-refractivity contribution is 8.00. The number of esters is 1. The Morgan fingerprint density at radius 1 is 1.33 bits per heavy atom. The van der Waals surface area contributed by atoms with Gasteiger partial charge in [0.2, 0.25) is 0 Å². The number of para-hydroxylation sites is 1. The molecule has 9 heteroatoms. The van der Waals surface area contributed by atoms with Crippen LogP contribution in [0.25, 0.3) is 5.69 Å². The monoisotopic (exact) mass is 361 g/mol. The van der Waals surface area contributed by atoms with Gasteiger partial charge in [-0.2, -0.15) is 4.68 Å². The maximum atomic E-state index is 11.5. The van der Waals surface area contributed by atoms with Crippen LogP contribution in [0.1, 0.15) is 18.4 Å². The lowest BCUT2D eigenvalue weighted by atomic mass is 10.3. The molecule has 0 aliphatic heterocycles. The zero-order valence-corrected chi connectivity index (χ0v) is 14.6. The predicted molar refractivity (Wildman–Crippen MR) is 91.2 cm³/mol. The number of benzene rings is 1. The molecule has 0 aliphatic rings. The van der Waals surface area contributed by atoms with Gasteiger partial charge < -0.3 is 4.74 Å². The third-order valence-corrected chi connectivity index (χ3v) is 5.09. The Labute approximate surface area is 147 Å². The van der Waals surface area contributed by atoms with Gasteiger partial charge >= 0.3 is 5.97 Å².